The van der Waals surface area contributed by atoms with Gasteiger partial charge in [0.25, 0.3) is 0 Å². The Kier molecular flexibility index (Phi) is 4.48. The third kappa shape index (κ3) is 2.87. The zero-order chi connectivity index (χ0) is 13.2. The van der Waals surface area contributed by atoms with Crippen molar-refractivity contribution in [2.45, 2.75) is 12.3 Å². The van der Waals surface area contributed by atoms with Gasteiger partial charge in [-0.3, -0.25) is 5.41 Å². The van der Waals surface area contributed by atoms with Crippen molar-refractivity contribution in [1.82, 2.24) is 15.0 Å². The summed E-state index contributed by atoms with van der Waals surface area (Å²) in [7, 11) is 0. The zero-order valence-electron chi connectivity index (χ0n) is 11.3. The summed E-state index contributed by atoms with van der Waals surface area (Å²) >= 11 is 0. The number of rotatable bonds is 2. The van der Waals surface area contributed by atoms with E-state index in [0.29, 0.717) is 18.3 Å². The van der Waals surface area contributed by atoms with Gasteiger partial charge in [-0.25, -0.2) is 4.98 Å². The molecule has 1 fully saturated rings. The Bertz CT molecular complexity index is 585. The molecule has 1 aromatic heterocycles. The van der Waals surface area contributed by atoms with Crippen LogP contribution in [0.4, 0.5) is 0 Å². The van der Waals surface area contributed by atoms with Gasteiger partial charge in [0, 0.05) is 13.1 Å². The summed E-state index contributed by atoms with van der Waals surface area (Å²) in [5, 5.41) is 11.4. The number of nitrogens with one attached hydrogen (secondary N) is 1. The molecule has 3 N–H and O–H groups in total. The van der Waals surface area contributed by atoms with E-state index in [1.807, 2.05) is 29.2 Å². The molecule has 1 aromatic carbocycles. The number of aromatic nitrogens is 2. The van der Waals surface area contributed by atoms with Gasteiger partial charge in [-0.2, -0.15) is 30.3 Å². The Morgan fingerprint density at radius 1 is 1.55 bits per heavy atom. The summed E-state index contributed by atoms with van der Waals surface area (Å²) in [6.07, 6.45) is 0.877. The molecule has 0 spiro atoms. The van der Waals surface area contributed by atoms with Crippen molar-refractivity contribution in [2.75, 3.05) is 13.1 Å². The molecule has 0 unspecified atom stereocenters. The second kappa shape index (κ2) is 6.12. The van der Waals surface area contributed by atoms with Gasteiger partial charge >= 0.3 is 18.9 Å². The van der Waals surface area contributed by atoms with Crippen molar-refractivity contribution in [2.24, 2.45) is 5.73 Å². The standard InChI is InChI=1S/C13H14N5O.Li/c14-13(15)18-7-6-10(8-18)12-16-11(17-19-12)9-4-2-1-3-5-9;/h1-2,4-5,10H,6-8H2,(H3,14,15);/q-1;+1/t10-;/m1./s1. The molecule has 0 bridgehead atoms. The Labute approximate surface area is 129 Å². The van der Waals surface area contributed by atoms with Gasteiger partial charge < -0.3 is 15.2 Å². The van der Waals surface area contributed by atoms with Gasteiger partial charge in [0.1, 0.15) is 5.82 Å². The smallest absolute Gasteiger partial charge is 0.370 e. The first kappa shape index (κ1) is 14.6. The van der Waals surface area contributed by atoms with Crippen LogP contribution >= 0.6 is 0 Å². The minimum atomic E-state index is 0. The van der Waals surface area contributed by atoms with E-state index in [4.69, 9.17) is 15.7 Å². The average molecular weight is 263 g/mol. The molecule has 7 heteroatoms. The molecule has 0 aliphatic carbocycles. The summed E-state index contributed by atoms with van der Waals surface area (Å²) in [6, 6.07) is 10.4. The molecule has 1 atom stereocenters. The molecule has 1 aliphatic rings. The Morgan fingerprint density at radius 3 is 3.05 bits per heavy atom. The number of benzene rings is 1. The summed E-state index contributed by atoms with van der Waals surface area (Å²) in [5.41, 5.74) is 6.36. The molecule has 0 radical (unpaired) electrons. The number of hydrogen-bond donors (Lipinski definition) is 2. The van der Waals surface area contributed by atoms with Crippen LogP contribution in [-0.2, 0) is 0 Å². The maximum Gasteiger partial charge on any atom is 1.00 e. The van der Waals surface area contributed by atoms with E-state index in [9.17, 15) is 0 Å². The molecule has 0 amide bonds. The topological polar surface area (TPSA) is 92.0 Å². The number of guanidine groups is 1. The minimum absolute atomic E-state index is 0. The maximum absolute atomic E-state index is 7.42. The van der Waals surface area contributed by atoms with Gasteiger partial charge in [-0.05, 0) is 6.42 Å². The molecule has 0 saturated carbocycles. The van der Waals surface area contributed by atoms with E-state index in [-0.39, 0.29) is 30.7 Å². The van der Waals surface area contributed by atoms with Crippen LogP contribution in [0.15, 0.2) is 28.8 Å². The van der Waals surface area contributed by atoms with Crippen LogP contribution in [0.1, 0.15) is 18.2 Å². The van der Waals surface area contributed by atoms with E-state index < -0.39 is 0 Å². The summed E-state index contributed by atoms with van der Waals surface area (Å²) in [4.78, 5) is 6.23. The normalized spacial score (nSPS) is 17.8. The van der Waals surface area contributed by atoms with Crippen molar-refractivity contribution in [3.05, 3.63) is 36.2 Å². The predicted molar refractivity (Wildman–Crippen MR) is 69.4 cm³/mol. The van der Waals surface area contributed by atoms with Gasteiger partial charge in [-0.1, -0.05) is 10.7 Å². The summed E-state index contributed by atoms with van der Waals surface area (Å²) in [6.45, 7) is 1.43. The quantitative estimate of drug-likeness (QED) is 0.289. The van der Waals surface area contributed by atoms with Crippen LogP contribution in [0, 0.1) is 11.5 Å². The van der Waals surface area contributed by atoms with Gasteiger partial charge in [0.15, 0.2) is 5.96 Å². The molecule has 6 nitrogen and oxygen atoms in total. The number of nitrogens with two attached hydrogens (primary N) is 1. The SMILES string of the molecule is N=C(N)N1CC[C@@H](c2nc(-c3c[c-]ccc3)no2)C1.[Li+]. The minimum Gasteiger partial charge on any atom is -0.370 e. The molecular weight excluding hydrogens is 249 g/mol. The molecule has 1 aliphatic heterocycles. The molecular formula is C13H14LiN5O. The van der Waals surface area contributed by atoms with Crippen LogP contribution < -0.4 is 24.6 Å². The third-order valence-electron chi connectivity index (χ3n) is 3.29. The first-order valence-corrected chi connectivity index (χ1v) is 6.13. The monoisotopic (exact) mass is 263 g/mol. The fraction of sp³-hybridized carbons (Fsp3) is 0.308. The largest absolute Gasteiger partial charge is 1.00 e. The Morgan fingerprint density at radius 2 is 2.40 bits per heavy atom. The van der Waals surface area contributed by atoms with E-state index in [1.54, 1.807) is 0 Å². The van der Waals surface area contributed by atoms with Gasteiger partial charge in [0.05, 0.1) is 5.92 Å². The zero-order valence-corrected chi connectivity index (χ0v) is 11.3. The van der Waals surface area contributed by atoms with Gasteiger partial charge in [0.2, 0.25) is 5.89 Å². The van der Waals surface area contributed by atoms with E-state index in [1.165, 1.54) is 0 Å². The summed E-state index contributed by atoms with van der Waals surface area (Å²) < 4.78 is 5.32. The van der Waals surface area contributed by atoms with Crippen molar-refractivity contribution < 1.29 is 23.4 Å². The van der Waals surface area contributed by atoms with Gasteiger partial charge in [-0.15, -0.1) is 0 Å². The van der Waals surface area contributed by atoms with E-state index >= 15 is 0 Å². The Balaban J connectivity index is 0.00000147. The predicted octanol–water partition coefficient (Wildman–Crippen LogP) is -1.78. The van der Waals surface area contributed by atoms with Crippen LogP contribution in [0.2, 0.25) is 0 Å². The van der Waals surface area contributed by atoms with E-state index in [0.717, 1.165) is 18.5 Å². The summed E-state index contributed by atoms with van der Waals surface area (Å²) in [5.74, 6) is 1.44. The first-order chi connectivity index (χ1) is 9.24. The van der Waals surface area contributed by atoms with Crippen molar-refractivity contribution in [3.63, 3.8) is 0 Å². The molecule has 20 heavy (non-hydrogen) atoms. The molecule has 98 valence electrons. The van der Waals surface area contributed by atoms with Crippen molar-refractivity contribution in [3.8, 4) is 11.4 Å². The Hall–Kier alpha value is -1.77. The number of nitrogens with zero attached hydrogens (tertiary/aromatic N) is 3. The van der Waals surface area contributed by atoms with Crippen LogP contribution in [-0.4, -0.2) is 34.1 Å². The molecule has 3 rings (SSSR count). The molecule has 2 aromatic rings. The fourth-order valence-electron chi connectivity index (χ4n) is 2.23. The molecule has 2 heterocycles. The van der Waals surface area contributed by atoms with Crippen LogP contribution in [0.25, 0.3) is 11.4 Å². The number of likely N-dealkylation sites (tertiary alicyclic amines) is 1. The van der Waals surface area contributed by atoms with Crippen LogP contribution in [0.3, 0.4) is 0 Å². The molecule has 1 saturated heterocycles. The first-order valence-electron chi connectivity index (χ1n) is 6.13. The van der Waals surface area contributed by atoms with Crippen LogP contribution in [0.5, 0.6) is 0 Å². The second-order valence-corrected chi connectivity index (χ2v) is 4.57. The third-order valence-corrected chi connectivity index (χ3v) is 3.29. The second-order valence-electron chi connectivity index (χ2n) is 4.57. The fourth-order valence-corrected chi connectivity index (χ4v) is 2.23. The number of hydrogen-bond acceptors (Lipinski definition) is 4. The van der Waals surface area contributed by atoms with Crippen molar-refractivity contribution >= 4 is 5.96 Å². The van der Waals surface area contributed by atoms with Crippen molar-refractivity contribution in [1.29, 1.82) is 5.41 Å². The average Bonchev–Trinajstić information content (AvgIpc) is 3.09. The van der Waals surface area contributed by atoms with E-state index in [2.05, 4.69) is 16.2 Å². The maximum atomic E-state index is 7.42.